The summed E-state index contributed by atoms with van der Waals surface area (Å²) >= 11 is 0. The number of amides is 2. The normalized spacial score (nSPS) is 16.9. The van der Waals surface area contributed by atoms with Crippen molar-refractivity contribution >= 4 is 17.5 Å². The van der Waals surface area contributed by atoms with E-state index in [1.807, 2.05) is 79.5 Å². The fourth-order valence-corrected chi connectivity index (χ4v) is 5.75. The molecule has 1 aromatic heterocycles. The lowest BCUT2D eigenvalue weighted by Crippen LogP contribution is -2.49. The zero-order valence-corrected chi connectivity index (χ0v) is 22.0. The zero-order valence-electron chi connectivity index (χ0n) is 22.0. The Bertz CT molecular complexity index is 1290. The van der Waals surface area contributed by atoms with Gasteiger partial charge in [-0.3, -0.25) is 14.5 Å². The van der Waals surface area contributed by atoms with Crippen LogP contribution in [0.3, 0.4) is 0 Å². The smallest absolute Gasteiger partial charge is 0.247 e. The predicted molar refractivity (Wildman–Crippen MR) is 143 cm³/mol. The van der Waals surface area contributed by atoms with Gasteiger partial charge in [-0.2, -0.15) is 0 Å². The topological polar surface area (TPSA) is 64.0 Å². The molecule has 0 spiro atoms. The van der Waals surface area contributed by atoms with Gasteiger partial charge in [0.15, 0.2) is 0 Å². The highest BCUT2D eigenvalue weighted by atomic mass is 16.5. The van der Waals surface area contributed by atoms with Gasteiger partial charge in [0.05, 0.1) is 31.3 Å². The summed E-state index contributed by atoms with van der Waals surface area (Å²) in [4.78, 5) is 31.4. The van der Waals surface area contributed by atoms with Gasteiger partial charge in [-0.15, -0.1) is 0 Å². The van der Waals surface area contributed by atoms with Crippen LogP contribution in [0.5, 0.6) is 11.5 Å². The summed E-state index contributed by atoms with van der Waals surface area (Å²) in [5.74, 6) is 1.31. The number of rotatable bonds is 7. The number of ether oxygens (including phenoxy) is 2. The summed E-state index contributed by atoms with van der Waals surface area (Å²) in [7, 11) is 3.26. The van der Waals surface area contributed by atoms with Gasteiger partial charge in [0.25, 0.3) is 0 Å². The van der Waals surface area contributed by atoms with Crippen LogP contribution >= 0.6 is 0 Å². The van der Waals surface area contributed by atoms with Gasteiger partial charge in [0.2, 0.25) is 11.8 Å². The van der Waals surface area contributed by atoms with Crippen molar-refractivity contribution in [2.75, 3.05) is 25.7 Å². The molecule has 1 aliphatic carbocycles. The van der Waals surface area contributed by atoms with E-state index in [4.69, 9.17) is 9.47 Å². The lowest BCUT2D eigenvalue weighted by atomic mass is 9.96. The Balaban J connectivity index is 1.61. The minimum absolute atomic E-state index is 0.00958. The van der Waals surface area contributed by atoms with Crippen LogP contribution < -0.4 is 14.4 Å². The molecule has 2 heterocycles. The van der Waals surface area contributed by atoms with E-state index in [0.29, 0.717) is 11.5 Å². The molecule has 3 aromatic rings. The third kappa shape index (κ3) is 4.47. The third-order valence-corrected chi connectivity index (χ3v) is 7.64. The molecule has 2 aromatic carbocycles. The molecule has 1 aliphatic heterocycles. The number of hydrogen-bond acceptors (Lipinski definition) is 4. The molecule has 5 rings (SSSR count). The molecule has 7 nitrogen and oxygen atoms in total. The van der Waals surface area contributed by atoms with Crippen molar-refractivity contribution in [2.45, 2.75) is 51.6 Å². The maximum Gasteiger partial charge on any atom is 0.247 e. The van der Waals surface area contributed by atoms with E-state index in [0.717, 1.165) is 48.3 Å². The predicted octanol–water partition coefficient (Wildman–Crippen LogP) is 5.36. The molecule has 0 saturated heterocycles. The number of benzene rings is 2. The molecule has 7 heteroatoms. The molecular formula is C30H35N3O4. The van der Waals surface area contributed by atoms with Crippen LogP contribution in [0.1, 0.15) is 56.8 Å². The minimum atomic E-state index is -0.460. The van der Waals surface area contributed by atoms with Gasteiger partial charge in [-0.1, -0.05) is 25.0 Å². The summed E-state index contributed by atoms with van der Waals surface area (Å²) in [6.07, 6.45) is 5.97. The van der Waals surface area contributed by atoms with Crippen molar-refractivity contribution in [3.63, 3.8) is 0 Å². The summed E-state index contributed by atoms with van der Waals surface area (Å²) in [6.45, 7) is 3.99. The number of carbonyl (C=O) groups is 2. The Morgan fingerprint density at radius 3 is 2.38 bits per heavy atom. The Hall–Kier alpha value is -3.74. The molecule has 1 unspecified atom stereocenters. The Labute approximate surface area is 218 Å². The molecule has 1 atom stereocenters. The van der Waals surface area contributed by atoms with Crippen LogP contribution in [0, 0.1) is 5.92 Å². The Morgan fingerprint density at radius 1 is 0.973 bits per heavy atom. The standard InChI is InChI=1S/C30H35N3O4/c1-20(2)32(30(35)21-10-5-6-11-21)19-28(34)33-25-13-8-7-12-24(25)31-17-9-14-26(31)29(33)23-18-22(36-3)15-16-27(23)37-4/h7-9,12-18,20-21,29H,5-6,10-11,19H2,1-4H3. The first-order valence-corrected chi connectivity index (χ1v) is 13.1. The van der Waals surface area contributed by atoms with Crippen molar-refractivity contribution in [1.29, 1.82) is 0 Å². The van der Waals surface area contributed by atoms with E-state index in [2.05, 4.69) is 4.57 Å². The van der Waals surface area contributed by atoms with Gasteiger partial charge in [-0.05, 0) is 69.2 Å². The van der Waals surface area contributed by atoms with Gasteiger partial charge < -0.3 is 18.9 Å². The van der Waals surface area contributed by atoms with E-state index >= 15 is 0 Å². The van der Waals surface area contributed by atoms with Gasteiger partial charge in [0, 0.05) is 23.7 Å². The molecular weight excluding hydrogens is 466 g/mol. The van der Waals surface area contributed by atoms with Crippen LogP contribution in [0.25, 0.3) is 5.69 Å². The maximum absolute atomic E-state index is 14.3. The fourth-order valence-electron chi connectivity index (χ4n) is 5.75. The molecule has 0 N–H and O–H groups in total. The van der Waals surface area contributed by atoms with E-state index in [1.54, 1.807) is 19.1 Å². The second kappa shape index (κ2) is 10.3. The van der Waals surface area contributed by atoms with Crippen molar-refractivity contribution in [3.05, 3.63) is 72.1 Å². The number of methoxy groups -OCH3 is 2. The number of anilines is 1. The Morgan fingerprint density at radius 2 is 1.70 bits per heavy atom. The largest absolute Gasteiger partial charge is 0.497 e. The van der Waals surface area contributed by atoms with E-state index < -0.39 is 6.04 Å². The summed E-state index contributed by atoms with van der Waals surface area (Å²) in [6, 6.07) is 17.0. The first-order valence-electron chi connectivity index (χ1n) is 13.1. The minimum Gasteiger partial charge on any atom is -0.497 e. The quantitative estimate of drug-likeness (QED) is 0.437. The second-order valence-electron chi connectivity index (χ2n) is 10.1. The van der Waals surface area contributed by atoms with Crippen LogP contribution in [-0.4, -0.2) is 48.1 Å². The Kier molecular flexibility index (Phi) is 6.96. The number of para-hydroxylation sites is 2. The number of aromatic nitrogens is 1. The molecule has 194 valence electrons. The van der Waals surface area contributed by atoms with Crippen molar-refractivity contribution in [2.24, 2.45) is 5.92 Å². The summed E-state index contributed by atoms with van der Waals surface area (Å²) in [5, 5.41) is 0. The SMILES string of the molecule is COc1ccc(OC)c(C2c3cccn3-c3ccccc3N2C(=O)CN(C(=O)C2CCCC2)C(C)C)c1. The van der Waals surface area contributed by atoms with Crippen molar-refractivity contribution < 1.29 is 19.1 Å². The first kappa shape index (κ1) is 24.9. The molecule has 2 amide bonds. The third-order valence-electron chi connectivity index (χ3n) is 7.64. The molecule has 1 saturated carbocycles. The van der Waals surface area contributed by atoms with Crippen LogP contribution in [-0.2, 0) is 9.59 Å². The van der Waals surface area contributed by atoms with Crippen LogP contribution in [0.15, 0.2) is 60.8 Å². The van der Waals surface area contributed by atoms with Crippen LogP contribution in [0.2, 0.25) is 0 Å². The molecule has 2 aliphatic rings. The zero-order chi connectivity index (χ0) is 26.1. The fraction of sp³-hybridized carbons (Fsp3) is 0.400. The number of fused-ring (bicyclic) bond motifs is 3. The van der Waals surface area contributed by atoms with Gasteiger partial charge in [-0.25, -0.2) is 0 Å². The van der Waals surface area contributed by atoms with E-state index in [-0.39, 0.29) is 30.3 Å². The highest BCUT2D eigenvalue weighted by molar-refractivity contribution is 6.00. The summed E-state index contributed by atoms with van der Waals surface area (Å²) in [5.41, 5.74) is 3.48. The van der Waals surface area contributed by atoms with E-state index in [1.165, 1.54) is 0 Å². The molecule has 0 radical (unpaired) electrons. The maximum atomic E-state index is 14.3. The number of nitrogens with zero attached hydrogens (tertiary/aromatic N) is 3. The molecule has 1 fully saturated rings. The average molecular weight is 502 g/mol. The monoisotopic (exact) mass is 501 g/mol. The highest BCUT2D eigenvalue weighted by Gasteiger charge is 2.39. The number of hydrogen-bond donors (Lipinski definition) is 0. The lowest BCUT2D eigenvalue weighted by molar-refractivity contribution is -0.140. The van der Waals surface area contributed by atoms with E-state index in [9.17, 15) is 9.59 Å². The van der Waals surface area contributed by atoms with Crippen molar-refractivity contribution in [3.8, 4) is 17.2 Å². The van der Waals surface area contributed by atoms with Crippen LogP contribution in [0.4, 0.5) is 5.69 Å². The average Bonchev–Trinajstić information content (AvgIpc) is 3.63. The molecule has 37 heavy (non-hydrogen) atoms. The lowest BCUT2D eigenvalue weighted by Gasteiger charge is -2.40. The number of carbonyl (C=O) groups excluding carboxylic acids is 2. The highest BCUT2D eigenvalue weighted by Crippen LogP contribution is 2.45. The molecule has 0 bridgehead atoms. The summed E-state index contributed by atoms with van der Waals surface area (Å²) < 4.78 is 13.4. The van der Waals surface area contributed by atoms with Gasteiger partial charge in [0.1, 0.15) is 24.1 Å². The van der Waals surface area contributed by atoms with Crippen molar-refractivity contribution in [1.82, 2.24) is 9.47 Å². The second-order valence-corrected chi connectivity index (χ2v) is 10.1. The first-order chi connectivity index (χ1) is 17.9. The van der Waals surface area contributed by atoms with Gasteiger partial charge >= 0.3 is 0 Å².